The fourth-order valence-corrected chi connectivity index (χ4v) is 8.11. The summed E-state index contributed by atoms with van der Waals surface area (Å²) in [5, 5.41) is 0. The number of hydrogen-bond donors (Lipinski definition) is 1. The first-order chi connectivity index (χ1) is 28.6. The number of hydrogen-bond acceptors (Lipinski definition) is 6. The number of nitrogens with zero attached hydrogens (tertiary/aromatic N) is 1. The summed E-state index contributed by atoms with van der Waals surface area (Å²) < 4.78 is 35.1. The van der Waals surface area contributed by atoms with E-state index in [9.17, 15) is 14.3 Å². The third kappa shape index (κ3) is 48.1. The van der Waals surface area contributed by atoms with Crippen molar-refractivity contribution >= 4 is 13.8 Å². The summed E-state index contributed by atoms with van der Waals surface area (Å²) in [6.45, 7) is 5.66. The van der Waals surface area contributed by atoms with E-state index in [1.165, 1.54) is 193 Å². The number of unbranched alkanes of at least 4 members (excludes halogenated alkanes) is 32. The Balaban J connectivity index is 4.10. The highest BCUT2D eigenvalue weighted by molar-refractivity contribution is 7.47. The summed E-state index contributed by atoms with van der Waals surface area (Å²) >= 11 is 0. The van der Waals surface area contributed by atoms with E-state index in [0.717, 1.165) is 32.1 Å². The molecule has 1 unspecified atom stereocenters. The van der Waals surface area contributed by atoms with Gasteiger partial charge in [-0.3, -0.25) is 13.8 Å². The number of ether oxygens (including phenoxy) is 2. The Bertz CT molecular complexity index is 956. The van der Waals surface area contributed by atoms with Crippen molar-refractivity contribution in [3.8, 4) is 0 Å². The molecule has 0 aromatic rings. The molecule has 0 heterocycles. The predicted octanol–water partition coefficient (Wildman–Crippen LogP) is 15.4. The van der Waals surface area contributed by atoms with Crippen molar-refractivity contribution in [3.63, 3.8) is 0 Å². The first kappa shape index (κ1) is 58.2. The lowest BCUT2D eigenvalue weighted by Gasteiger charge is -2.24. The van der Waals surface area contributed by atoms with Crippen LogP contribution in [0, 0.1) is 0 Å². The summed E-state index contributed by atoms with van der Waals surface area (Å²) in [4.78, 5) is 23.0. The van der Waals surface area contributed by atoms with Crippen LogP contribution in [0.15, 0.2) is 12.2 Å². The molecule has 0 fully saturated rings. The highest BCUT2D eigenvalue weighted by Crippen LogP contribution is 2.43. The van der Waals surface area contributed by atoms with Gasteiger partial charge in [0.05, 0.1) is 34.4 Å². The third-order valence-electron chi connectivity index (χ3n) is 11.3. The van der Waals surface area contributed by atoms with E-state index in [0.29, 0.717) is 24.1 Å². The number of rotatable bonds is 48. The minimum Gasteiger partial charge on any atom is -0.457 e. The number of phosphoric ester groups is 1. The Morgan fingerprint density at radius 1 is 0.508 bits per heavy atom. The minimum absolute atomic E-state index is 0.0909. The maximum absolute atomic E-state index is 12.8. The van der Waals surface area contributed by atoms with E-state index >= 15 is 0 Å². The summed E-state index contributed by atoms with van der Waals surface area (Å²) in [5.41, 5.74) is 0. The molecule has 0 saturated heterocycles. The monoisotopic (exact) mass is 859 g/mol. The molecule has 0 saturated carbocycles. The highest BCUT2D eigenvalue weighted by atomic mass is 31.2. The number of likely N-dealkylation sites (N-methyl/N-ethyl adjacent to an activating group) is 1. The zero-order chi connectivity index (χ0) is 43.4. The molecule has 0 aliphatic carbocycles. The first-order valence-corrected chi connectivity index (χ1v) is 26.9. The summed E-state index contributed by atoms with van der Waals surface area (Å²) in [7, 11) is 1.68. The summed E-state index contributed by atoms with van der Waals surface area (Å²) in [5.74, 6) is -0.309. The van der Waals surface area contributed by atoms with E-state index in [2.05, 4.69) is 26.0 Å². The molecule has 8 nitrogen and oxygen atoms in total. The SMILES string of the molecule is CCCCCCCC/C=C\CCCCCCCCOC[C@H](COP(=O)(O)OCC[N+](C)(C)C)OC(=O)CCCCCCCCCCCCCCCCCCCCCCC. The number of quaternary nitrogens is 1. The second-order valence-electron chi connectivity index (χ2n) is 18.6. The van der Waals surface area contributed by atoms with Crippen LogP contribution < -0.4 is 0 Å². The third-order valence-corrected chi connectivity index (χ3v) is 12.3. The van der Waals surface area contributed by atoms with Crippen LogP contribution in [0.3, 0.4) is 0 Å². The lowest BCUT2D eigenvalue weighted by atomic mass is 10.0. The summed E-state index contributed by atoms with van der Waals surface area (Å²) in [6.07, 6.45) is 49.7. The quantitative estimate of drug-likeness (QED) is 0.0214. The molecule has 2 atom stereocenters. The van der Waals surface area contributed by atoms with E-state index in [1.807, 2.05) is 21.1 Å². The van der Waals surface area contributed by atoms with Gasteiger partial charge in [-0.15, -0.1) is 0 Å². The molecule has 0 radical (unpaired) electrons. The van der Waals surface area contributed by atoms with Gasteiger partial charge in [0.25, 0.3) is 0 Å². The van der Waals surface area contributed by atoms with E-state index < -0.39 is 13.9 Å². The van der Waals surface area contributed by atoms with Crippen molar-refractivity contribution < 1.29 is 37.3 Å². The molecule has 9 heteroatoms. The molecule has 0 spiro atoms. The fraction of sp³-hybridized carbons (Fsp3) is 0.940. The van der Waals surface area contributed by atoms with Gasteiger partial charge in [0, 0.05) is 13.0 Å². The Morgan fingerprint density at radius 3 is 1.29 bits per heavy atom. The van der Waals surface area contributed by atoms with E-state index in [1.54, 1.807) is 0 Å². The lowest BCUT2D eigenvalue weighted by Crippen LogP contribution is -2.37. The fourth-order valence-electron chi connectivity index (χ4n) is 7.37. The smallest absolute Gasteiger partial charge is 0.457 e. The van der Waals surface area contributed by atoms with Crippen LogP contribution >= 0.6 is 7.82 Å². The van der Waals surface area contributed by atoms with Crippen LogP contribution in [0.1, 0.15) is 245 Å². The Hall–Kier alpha value is -0.760. The number of esters is 1. The molecular formula is C50H101NO7P+. The molecule has 0 bridgehead atoms. The largest absolute Gasteiger partial charge is 0.472 e. The zero-order valence-electron chi connectivity index (χ0n) is 40.0. The van der Waals surface area contributed by atoms with Crippen molar-refractivity contribution in [1.82, 2.24) is 0 Å². The molecule has 352 valence electrons. The standard InChI is InChI=1S/C50H100NO7P/c1-6-8-10-12-14-16-18-20-22-24-25-26-27-28-29-31-33-35-37-39-41-43-50(52)58-49(48-57-59(53,54)56-46-44-51(3,4)5)47-55-45-42-40-38-36-34-32-30-23-21-19-17-15-13-11-9-7-2/h21,23,49H,6-20,22,24-48H2,1-5H3/p+1/b23-21-/t49-/m1/s1. The maximum Gasteiger partial charge on any atom is 0.472 e. The van der Waals surface area contributed by atoms with Gasteiger partial charge in [0.1, 0.15) is 19.3 Å². The molecule has 0 aromatic carbocycles. The van der Waals surface area contributed by atoms with Gasteiger partial charge >= 0.3 is 13.8 Å². The lowest BCUT2D eigenvalue weighted by molar-refractivity contribution is -0.870. The predicted molar refractivity (Wildman–Crippen MR) is 252 cm³/mol. The van der Waals surface area contributed by atoms with Gasteiger partial charge < -0.3 is 18.9 Å². The topological polar surface area (TPSA) is 91.3 Å². The molecule has 0 aromatic heterocycles. The van der Waals surface area contributed by atoms with Crippen molar-refractivity contribution in [2.24, 2.45) is 0 Å². The molecule has 0 rings (SSSR count). The summed E-state index contributed by atoms with van der Waals surface area (Å²) in [6, 6.07) is 0. The molecular weight excluding hydrogens is 758 g/mol. The van der Waals surface area contributed by atoms with Crippen molar-refractivity contribution in [3.05, 3.63) is 12.2 Å². The van der Waals surface area contributed by atoms with Gasteiger partial charge in [0.15, 0.2) is 0 Å². The van der Waals surface area contributed by atoms with Crippen LogP contribution in [0.2, 0.25) is 0 Å². The van der Waals surface area contributed by atoms with Gasteiger partial charge in [-0.05, 0) is 38.5 Å². The van der Waals surface area contributed by atoms with Crippen LogP contribution in [0.25, 0.3) is 0 Å². The van der Waals surface area contributed by atoms with Gasteiger partial charge in [-0.25, -0.2) is 4.57 Å². The second-order valence-corrected chi connectivity index (χ2v) is 20.0. The average Bonchev–Trinajstić information content (AvgIpc) is 3.19. The zero-order valence-corrected chi connectivity index (χ0v) is 40.9. The first-order valence-electron chi connectivity index (χ1n) is 25.4. The normalized spacial score (nSPS) is 13.7. The Morgan fingerprint density at radius 2 is 0.881 bits per heavy atom. The van der Waals surface area contributed by atoms with Crippen LogP contribution in [-0.2, 0) is 27.9 Å². The second kappa shape index (κ2) is 43.9. The average molecular weight is 859 g/mol. The molecule has 0 amide bonds. The number of carbonyl (C=O) groups excluding carboxylic acids is 1. The highest BCUT2D eigenvalue weighted by Gasteiger charge is 2.26. The van der Waals surface area contributed by atoms with Gasteiger partial charge in [0.2, 0.25) is 0 Å². The van der Waals surface area contributed by atoms with Crippen LogP contribution in [0.5, 0.6) is 0 Å². The molecule has 59 heavy (non-hydrogen) atoms. The van der Waals surface area contributed by atoms with E-state index in [-0.39, 0.29) is 25.8 Å². The van der Waals surface area contributed by atoms with Crippen LogP contribution in [-0.4, -0.2) is 75.6 Å². The van der Waals surface area contributed by atoms with Crippen molar-refractivity contribution in [1.29, 1.82) is 0 Å². The Kier molecular flexibility index (Phi) is 43.3. The van der Waals surface area contributed by atoms with Gasteiger partial charge in [-0.2, -0.15) is 0 Å². The number of allylic oxidation sites excluding steroid dienone is 2. The van der Waals surface area contributed by atoms with Crippen molar-refractivity contribution in [2.45, 2.75) is 251 Å². The van der Waals surface area contributed by atoms with Gasteiger partial charge in [-0.1, -0.05) is 212 Å². The maximum atomic E-state index is 12.8. The molecule has 0 aliphatic rings. The molecule has 1 N–H and O–H groups in total. The number of phosphoric acid groups is 1. The Labute approximate surface area is 367 Å². The number of carbonyl (C=O) groups is 1. The molecule has 0 aliphatic heterocycles. The van der Waals surface area contributed by atoms with E-state index in [4.69, 9.17) is 18.5 Å². The van der Waals surface area contributed by atoms with Crippen molar-refractivity contribution in [2.75, 3.05) is 54.1 Å². The van der Waals surface area contributed by atoms with Crippen LogP contribution in [0.4, 0.5) is 0 Å². The minimum atomic E-state index is -4.27.